The number of likely N-dealkylation sites (tertiary alicyclic amines) is 1. The van der Waals surface area contributed by atoms with Crippen molar-refractivity contribution in [2.24, 2.45) is 0 Å². The highest BCUT2D eigenvalue weighted by molar-refractivity contribution is 6.06. The average Bonchev–Trinajstić information content (AvgIpc) is 3.26. The Morgan fingerprint density at radius 2 is 2.00 bits per heavy atom. The van der Waals surface area contributed by atoms with Crippen LogP contribution in [-0.4, -0.2) is 28.9 Å². The van der Waals surface area contributed by atoms with E-state index >= 15 is 0 Å². The Morgan fingerprint density at radius 1 is 1.08 bits per heavy atom. The summed E-state index contributed by atoms with van der Waals surface area (Å²) in [6.07, 6.45) is 2.60. The van der Waals surface area contributed by atoms with Gasteiger partial charge in [-0.1, -0.05) is 36.4 Å². The first-order chi connectivity index (χ1) is 12.3. The first-order valence-electron chi connectivity index (χ1n) is 8.62. The van der Waals surface area contributed by atoms with Gasteiger partial charge in [-0.2, -0.15) is 0 Å². The normalized spacial score (nSPS) is 21.8. The molecule has 1 spiro atoms. The smallest absolute Gasteiger partial charge is 0.254 e. The maximum Gasteiger partial charge on any atom is 0.254 e. The van der Waals surface area contributed by atoms with Gasteiger partial charge in [0.05, 0.1) is 18.7 Å². The van der Waals surface area contributed by atoms with Crippen molar-refractivity contribution >= 4 is 16.8 Å². The summed E-state index contributed by atoms with van der Waals surface area (Å²) in [4.78, 5) is 19.4. The number of fused-ring (bicyclic) bond motifs is 3. The third-order valence-electron chi connectivity index (χ3n) is 5.41. The van der Waals surface area contributed by atoms with Crippen molar-refractivity contribution in [3.63, 3.8) is 0 Å². The van der Waals surface area contributed by atoms with Crippen LogP contribution in [0.15, 0.2) is 60.8 Å². The fourth-order valence-corrected chi connectivity index (χ4v) is 4.14. The van der Waals surface area contributed by atoms with Crippen LogP contribution in [0.2, 0.25) is 0 Å². The molecule has 1 aromatic heterocycles. The molecule has 0 radical (unpaired) electrons. The third-order valence-corrected chi connectivity index (χ3v) is 5.41. The Hall–Kier alpha value is -2.72. The van der Waals surface area contributed by atoms with E-state index in [0.717, 1.165) is 17.3 Å². The second kappa shape index (κ2) is 5.39. The summed E-state index contributed by atoms with van der Waals surface area (Å²) in [5, 5.41) is 0.906. The number of carbonyl (C=O) groups is 1. The summed E-state index contributed by atoms with van der Waals surface area (Å²) in [5.74, 6) is 0.0588. The van der Waals surface area contributed by atoms with E-state index in [1.54, 1.807) is 6.20 Å². The van der Waals surface area contributed by atoms with Crippen LogP contribution in [0.25, 0.3) is 10.9 Å². The van der Waals surface area contributed by atoms with Gasteiger partial charge in [-0.15, -0.1) is 0 Å². The fraction of sp³-hybridized carbons (Fsp3) is 0.238. The van der Waals surface area contributed by atoms with Crippen LogP contribution in [0, 0.1) is 0 Å². The molecule has 4 heteroatoms. The molecule has 0 N–H and O–H groups in total. The van der Waals surface area contributed by atoms with Gasteiger partial charge in [-0.05, 0) is 35.7 Å². The Balaban J connectivity index is 1.49. The van der Waals surface area contributed by atoms with E-state index in [-0.39, 0.29) is 11.5 Å². The van der Waals surface area contributed by atoms with E-state index in [1.807, 2.05) is 41.3 Å². The van der Waals surface area contributed by atoms with Crippen molar-refractivity contribution in [2.75, 3.05) is 13.1 Å². The molecular formula is C21H18N2O2. The monoisotopic (exact) mass is 330 g/mol. The first kappa shape index (κ1) is 14.6. The van der Waals surface area contributed by atoms with Gasteiger partial charge in [0, 0.05) is 23.7 Å². The molecule has 4 nitrogen and oxygen atoms in total. The van der Waals surface area contributed by atoms with Gasteiger partial charge < -0.3 is 9.64 Å². The molecule has 3 heterocycles. The Bertz CT molecular complexity index is 979. The van der Waals surface area contributed by atoms with Crippen LogP contribution in [0.5, 0.6) is 0 Å². The number of nitrogens with zero attached hydrogens (tertiary/aromatic N) is 2. The van der Waals surface area contributed by atoms with E-state index in [1.165, 1.54) is 11.1 Å². The highest BCUT2D eigenvalue weighted by Gasteiger charge is 2.46. The second-order valence-corrected chi connectivity index (χ2v) is 6.79. The van der Waals surface area contributed by atoms with E-state index in [0.29, 0.717) is 25.3 Å². The van der Waals surface area contributed by atoms with Crippen LogP contribution < -0.4 is 0 Å². The standard InChI is InChI=1S/C21H18N2O2/c24-20(17-6-3-9-19-16(17)7-4-11-22-19)23-12-10-21(14-23)18-8-2-1-5-15(18)13-25-21/h1-9,11H,10,12-14H2/t21-/m0/s1. The highest BCUT2D eigenvalue weighted by Crippen LogP contribution is 2.43. The number of amides is 1. The molecule has 2 aliphatic rings. The highest BCUT2D eigenvalue weighted by atomic mass is 16.5. The lowest BCUT2D eigenvalue weighted by atomic mass is 9.92. The van der Waals surface area contributed by atoms with Gasteiger partial charge in [-0.25, -0.2) is 0 Å². The molecule has 1 amide bonds. The molecule has 2 aliphatic heterocycles. The molecule has 124 valence electrons. The van der Waals surface area contributed by atoms with E-state index in [9.17, 15) is 4.79 Å². The van der Waals surface area contributed by atoms with Crippen molar-refractivity contribution in [3.05, 3.63) is 77.5 Å². The van der Waals surface area contributed by atoms with Crippen molar-refractivity contribution in [1.29, 1.82) is 0 Å². The molecule has 25 heavy (non-hydrogen) atoms. The quantitative estimate of drug-likeness (QED) is 0.686. The Labute approximate surface area is 146 Å². The molecule has 5 rings (SSSR count). The molecule has 1 atom stereocenters. The maximum absolute atomic E-state index is 13.2. The summed E-state index contributed by atoms with van der Waals surface area (Å²) in [5.41, 5.74) is 3.71. The third kappa shape index (κ3) is 2.18. The van der Waals surface area contributed by atoms with Gasteiger partial charge >= 0.3 is 0 Å². The van der Waals surface area contributed by atoms with Crippen molar-refractivity contribution in [3.8, 4) is 0 Å². The number of benzene rings is 2. The van der Waals surface area contributed by atoms with E-state index < -0.39 is 0 Å². The zero-order valence-electron chi connectivity index (χ0n) is 13.8. The average molecular weight is 330 g/mol. The van der Waals surface area contributed by atoms with E-state index in [2.05, 4.69) is 23.2 Å². The molecular weight excluding hydrogens is 312 g/mol. The summed E-state index contributed by atoms with van der Waals surface area (Å²) in [7, 11) is 0. The van der Waals surface area contributed by atoms with Gasteiger partial charge in [0.2, 0.25) is 0 Å². The van der Waals surface area contributed by atoms with Crippen LogP contribution in [-0.2, 0) is 16.9 Å². The van der Waals surface area contributed by atoms with Gasteiger partial charge in [0.15, 0.2) is 0 Å². The van der Waals surface area contributed by atoms with Crippen molar-refractivity contribution < 1.29 is 9.53 Å². The Morgan fingerprint density at radius 3 is 2.96 bits per heavy atom. The van der Waals surface area contributed by atoms with Crippen LogP contribution in [0.3, 0.4) is 0 Å². The number of aromatic nitrogens is 1. The van der Waals surface area contributed by atoms with Crippen LogP contribution >= 0.6 is 0 Å². The topological polar surface area (TPSA) is 42.4 Å². The number of ether oxygens (including phenoxy) is 1. The maximum atomic E-state index is 13.2. The largest absolute Gasteiger partial charge is 0.364 e. The number of rotatable bonds is 1. The number of carbonyl (C=O) groups excluding carboxylic acids is 1. The van der Waals surface area contributed by atoms with Crippen LogP contribution in [0.4, 0.5) is 0 Å². The number of hydrogen-bond acceptors (Lipinski definition) is 3. The molecule has 3 aromatic rings. The minimum absolute atomic E-state index is 0.0588. The predicted molar refractivity (Wildman–Crippen MR) is 95.2 cm³/mol. The SMILES string of the molecule is O=C(c1cccc2ncccc12)N1CC[C@@]2(C1)OCc1ccccc12. The number of hydrogen-bond donors (Lipinski definition) is 0. The van der Waals surface area contributed by atoms with Crippen molar-refractivity contribution in [1.82, 2.24) is 9.88 Å². The predicted octanol–water partition coefficient (Wildman–Crippen LogP) is 3.51. The lowest BCUT2D eigenvalue weighted by Gasteiger charge is -2.25. The molecule has 0 unspecified atom stereocenters. The lowest BCUT2D eigenvalue weighted by Crippen LogP contribution is -2.34. The summed E-state index contributed by atoms with van der Waals surface area (Å²) in [6.45, 7) is 1.96. The minimum atomic E-state index is -0.338. The Kier molecular flexibility index (Phi) is 3.15. The van der Waals surface area contributed by atoms with Gasteiger partial charge in [-0.3, -0.25) is 9.78 Å². The molecule has 1 fully saturated rings. The summed E-state index contributed by atoms with van der Waals surface area (Å²) >= 11 is 0. The van der Waals surface area contributed by atoms with Gasteiger partial charge in [0.1, 0.15) is 5.60 Å². The van der Waals surface area contributed by atoms with Crippen molar-refractivity contribution in [2.45, 2.75) is 18.6 Å². The summed E-state index contributed by atoms with van der Waals surface area (Å²) < 4.78 is 6.17. The van der Waals surface area contributed by atoms with Gasteiger partial charge in [0.25, 0.3) is 5.91 Å². The molecule has 0 bridgehead atoms. The first-order valence-corrected chi connectivity index (χ1v) is 8.62. The summed E-state index contributed by atoms with van der Waals surface area (Å²) in [6, 6.07) is 17.9. The fourth-order valence-electron chi connectivity index (χ4n) is 4.14. The van der Waals surface area contributed by atoms with E-state index in [4.69, 9.17) is 4.74 Å². The lowest BCUT2D eigenvalue weighted by molar-refractivity contribution is -0.0282. The van der Waals surface area contributed by atoms with Crippen LogP contribution in [0.1, 0.15) is 27.9 Å². The molecule has 0 aliphatic carbocycles. The second-order valence-electron chi connectivity index (χ2n) is 6.79. The zero-order valence-corrected chi connectivity index (χ0v) is 13.8. The number of pyridine rings is 1. The zero-order chi connectivity index (χ0) is 16.9. The minimum Gasteiger partial charge on any atom is -0.364 e. The molecule has 2 aromatic carbocycles. The molecule has 0 saturated carbocycles. The molecule has 1 saturated heterocycles.